The van der Waals surface area contributed by atoms with E-state index in [0.29, 0.717) is 29.3 Å². The number of ketones is 6. The molecule has 115 heavy (non-hydrogen) atoms. The molecule has 2 heterocycles. The Morgan fingerprint density at radius 1 is 0.591 bits per heavy atom. The molecular formula is C77H106N12O26. The maximum atomic E-state index is 14.9. The number of para-hydroxylation sites is 2. The molecule has 3 aromatic rings. The third-order valence-corrected chi connectivity index (χ3v) is 19.4. The summed E-state index contributed by atoms with van der Waals surface area (Å²) in [6, 6.07) is 0.883. The van der Waals surface area contributed by atoms with E-state index in [9.17, 15) is 121 Å². The molecule has 20 N–H and O–H groups in total. The van der Waals surface area contributed by atoms with E-state index >= 15 is 0 Å². The van der Waals surface area contributed by atoms with Crippen LogP contribution in [-0.4, -0.2) is 217 Å². The Balaban J connectivity index is 1.87. The summed E-state index contributed by atoms with van der Waals surface area (Å²) in [6.07, 6.45) is -5.92. The van der Waals surface area contributed by atoms with Gasteiger partial charge < -0.3 is 95.0 Å². The molecule has 1 aliphatic rings. The van der Waals surface area contributed by atoms with Gasteiger partial charge in [0.2, 0.25) is 53.2 Å². The number of nitrogen functional groups attached to an aromatic ring is 1. The smallest absolute Gasteiger partial charge is 0.310 e. The number of hydrogen-bond donors (Lipinski definition) is 17. The van der Waals surface area contributed by atoms with Crippen molar-refractivity contribution in [1.29, 1.82) is 0 Å². The number of carboxylic acids is 4. The molecule has 0 spiro atoms. The van der Waals surface area contributed by atoms with Gasteiger partial charge in [-0.25, -0.2) is 0 Å². The number of rotatable bonds is 37. The molecule has 630 valence electrons. The number of aliphatic carboxylic acids is 4. The number of nitrogens with two attached hydrogens (primary N) is 3. The van der Waals surface area contributed by atoms with Gasteiger partial charge in [-0.1, -0.05) is 89.6 Å². The van der Waals surface area contributed by atoms with Crippen LogP contribution in [0.3, 0.4) is 0 Å². The first-order valence-electron chi connectivity index (χ1n) is 37.9. The Bertz CT molecular complexity index is 4030. The number of nitrogens with one attached hydrogen (secondary N) is 9. The predicted octanol–water partition coefficient (Wildman–Crippen LogP) is -0.169. The number of Topliss-reactive ketones (excluding diaryl/α,β-unsaturated/α-hetero) is 6. The Labute approximate surface area is 661 Å². The van der Waals surface area contributed by atoms with Crippen molar-refractivity contribution in [2.45, 2.75) is 211 Å². The molecule has 9 amide bonds. The summed E-state index contributed by atoms with van der Waals surface area (Å²) in [4.78, 5) is 278. The molecule has 1 fully saturated rings. The number of carboxylic acid groups (broad SMARTS) is 4. The van der Waals surface area contributed by atoms with E-state index in [1.165, 1.54) is 24.3 Å². The van der Waals surface area contributed by atoms with Crippen LogP contribution >= 0.6 is 0 Å². The molecule has 1 aromatic heterocycles. The summed E-state index contributed by atoms with van der Waals surface area (Å²) in [7, 11) is 0. The zero-order valence-corrected chi connectivity index (χ0v) is 64.6. The maximum Gasteiger partial charge on any atom is 0.310 e. The molecule has 0 radical (unpaired) electrons. The van der Waals surface area contributed by atoms with E-state index in [1.807, 2.05) is 5.32 Å². The minimum absolute atomic E-state index is 0.00360. The molecule has 0 aliphatic carbocycles. The van der Waals surface area contributed by atoms with Crippen LogP contribution in [0.25, 0.3) is 10.9 Å². The predicted molar refractivity (Wildman–Crippen MR) is 406 cm³/mol. The van der Waals surface area contributed by atoms with Crippen LogP contribution in [0.5, 0.6) is 0 Å². The number of H-pyrrole nitrogens is 1. The van der Waals surface area contributed by atoms with Gasteiger partial charge in [-0.15, -0.1) is 0 Å². The summed E-state index contributed by atoms with van der Waals surface area (Å²) in [5.41, 5.74) is 18.4. The minimum atomic E-state index is -2.20. The average Bonchev–Trinajstić information content (AvgIpc) is 1.72. The Morgan fingerprint density at radius 2 is 1.22 bits per heavy atom. The lowest BCUT2D eigenvalue weighted by Crippen LogP contribution is -2.57. The number of benzene rings is 2. The first-order chi connectivity index (χ1) is 54.4. The van der Waals surface area contributed by atoms with Crippen molar-refractivity contribution in [3.05, 3.63) is 65.9 Å². The van der Waals surface area contributed by atoms with E-state index in [2.05, 4.69) is 49.1 Å². The molecule has 0 saturated carbocycles. The Kier molecular flexibility index (Phi) is 40.3. The van der Waals surface area contributed by atoms with E-state index in [0.717, 1.165) is 52.9 Å². The summed E-state index contributed by atoms with van der Waals surface area (Å²) >= 11 is 0. The van der Waals surface area contributed by atoms with Gasteiger partial charge in [0, 0.05) is 98.0 Å². The second-order valence-corrected chi connectivity index (χ2v) is 28.8. The highest BCUT2D eigenvalue weighted by molar-refractivity contribution is 6.05. The van der Waals surface area contributed by atoms with Crippen molar-refractivity contribution in [1.82, 2.24) is 47.5 Å². The molecule has 2 aromatic carbocycles. The van der Waals surface area contributed by atoms with E-state index in [1.54, 1.807) is 30.5 Å². The van der Waals surface area contributed by atoms with E-state index < -0.39 is 286 Å². The number of hydrogen-bond acceptors (Lipinski definition) is 24. The van der Waals surface area contributed by atoms with Crippen molar-refractivity contribution in [2.24, 2.45) is 47.0 Å². The van der Waals surface area contributed by atoms with E-state index in [-0.39, 0.29) is 43.5 Å². The molecule has 0 bridgehead atoms. The molecule has 0 unspecified atom stereocenters. The molecule has 38 nitrogen and oxygen atoms in total. The van der Waals surface area contributed by atoms with Crippen LogP contribution < -0.4 is 59.7 Å². The number of fused-ring (bicyclic) bond motifs is 1. The van der Waals surface area contributed by atoms with Crippen molar-refractivity contribution in [3.63, 3.8) is 0 Å². The fraction of sp³-hybridized carbons (Fsp3) is 0.558. The normalized spacial score (nSPS) is 21.5. The Hall–Kier alpha value is -11.7. The Morgan fingerprint density at radius 3 is 1.85 bits per heavy atom. The molecule has 13 atom stereocenters. The lowest BCUT2D eigenvalue weighted by Gasteiger charge is -2.28. The zero-order chi connectivity index (χ0) is 85.8. The van der Waals surface area contributed by atoms with Crippen LogP contribution in [-0.2, 0) is 102 Å². The van der Waals surface area contributed by atoms with Crippen molar-refractivity contribution in [2.75, 3.05) is 32.0 Å². The van der Waals surface area contributed by atoms with Crippen LogP contribution in [0, 0.1) is 35.5 Å². The summed E-state index contributed by atoms with van der Waals surface area (Å²) in [5.74, 6) is -35.6. The SMILES string of the molecule is CCCCCCCCCC(=O)N[C@@H](Cc1c[nH]c2ccccc12)C(=O)C[C@@H](CC(N)=O)C(=O)N[C@@H](CC(=O)O)C(=O)C[C@@H]1C(=O)NCC(=O)C[C@@H](CCCN)C(=O)N[C@@H](CC(=O)O)C(=O)C[C@H](C)C(=O)N[C@@H](CC(=O)O)C(=O)NCC(=O)N[C@H](CO)C(=O)N[C@@H]([C@@H](C)CC(=O)O)C(=O)C[C@@H](CC(=O)c2ccccc2N)C(=O)O[C@@H]1C. The van der Waals surface area contributed by atoms with Gasteiger partial charge in [-0.3, -0.25) is 95.9 Å². The molecule has 1 saturated heterocycles. The number of esters is 1. The number of carbonyl (C=O) groups excluding carboxylic acids is 16. The quantitative estimate of drug-likeness (QED) is 0.0154. The lowest BCUT2D eigenvalue weighted by atomic mass is 9.86. The van der Waals surface area contributed by atoms with Gasteiger partial charge in [-0.2, -0.15) is 0 Å². The average molecular weight is 1620 g/mol. The molecule has 38 heteroatoms. The number of aliphatic hydroxyl groups is 1. The number of aliphatic hydroxyl groups excluding tert-OH is 1. The minimum Gasteiger partial charge on any atom is -0.481 e. The largest absolute Gasteiger partial charge is 0.481 e. The lowest BCUT2D eigenvalue weighted by molar-refractivity contribution is -0.160. The number of carbonyl (C=O) groups is 20. The van der Waals surface area contributed by atoms with Gasteiger partial charge in [0.05, 0.1) is 87.3 Å². The zero-order valence-electron chi connectivity index (χ0n) is 64.6. The highest BCUT2D eigenvalue weighted by atomic mass is 16.5. The summed E-state index contributed by atoms with van der Waals surface area (Å²) in [6.45, 7) is 1.77. The molecule has 1 aliphatic heterocycles. The van der Waals surface area contributed by atoms with Crippen LogP contribution in [0.15, 0.2) is 54.7 Å². The highest BCUT2D eigenvalue weighted by Crippen LogP contribution is 2.27. The number of cyclic esters (lactones) is 1. The number of unbranched alkanes of at least 4 members (excludes halogenated alkanes) is 6. The van der Waals surface area contributed by atoms with Gasteiger partial charge in [0.15, 0.2) is 34.7 Å². The summed E-state index contributed by atoms with van der Waals surface area (Å²) < 4.78 is 5.84. The second kappa shape index (κ2) is 48.4. The number of primary amides is 1. The van der Waals surface area contributed by atoms with E-state index in [4.69, 9.17) is 21.9 Å². The number of anilines is 1. The van der Waals surface area contributed by atoms with Crippen LogP contribution in [0.1, 0.15) is 178 Å². The fourth-order valence-corrected chi connectivity index (χ4v) is 13.0. The molecule has 4 rings (SSSR count). The third kappa shape index (κ3) is 33.1. The second-order valence-electron chi connectivity index (χ2n) is 28.8. The number of aromatic nitrogens is 1. The van der Waals surface area contributed by atoms with Gasteiger partial charge in [-0.05, 0) is 62.4 Å². The van der Waals surface area contributed by atoms with Gasteiger partial charge >= 0.3 is 29.8 Å². The van der Waals surface area contributed by atoms with Gasteiger partial charge in [0.1, 0.15) is 18.2 Å². The standard InChI is InChI=1S/C77H106N12O26/c1-5-6-7-8-9-10-11-22-64(98)84-53(27-46-36-81-52-21-15-13-18-48(46)52)60(94)28-44(31-63(80)97)73(110)87-55(34-68(104)105)61(95)32-50-42(4)115-77(114)45(29-58(92)49-19-12-14-20-51(49)79)30-62(96)70(40(2)25-66(100)101)89-76(113)57(39-90)85-65(99)38-83-75(112)56(35-69(106)107)88-71(108)41(3)24-59(93)54(33-67(102)103)86-72(109)43(17-16-23-78)26-47(91)37-82-74(50)111/h12-15,18-21,36,40-45,50,53-57,70,81,90H,5-11,16-17,22-35,37-39,78-79H2,1-4H3,(H2,80,97)(H,82,111)(H,83,112)(H,84,98)(H,85,99)(H,86,109)(H,87,110)(H,88,108)(H,89,113)(H,100,101)(H,102,103)(H,104,105)(H,106,107)/t40-,41-,42+,43+,44-,45+,50-,53-,54-,55-,56-,57+,70-/m0/s1. The highest BCUT2D eigenvalue weighted by Gasteiger charge is 2.42. The number of ether oxygens (including phenoxy) is 1. The first-order valence-corrected chi connectivity index (χ1v) is 37.9. The summed E-state index contributed by atoms with van der Waals surface area (Å²) in [5, 5.41) is 68.8. The number of amides is 9. The van der Waals surface area contributed by atoms with Crippen molar-refractivity contribution in [3.8, 4) is 0 Å². The van der Waals surface area contributed by atoms with Crippen molar-refractivity contribution < 1.29 is 126 Å². The maximum absolute atomic E-state index is 14.9. The first kappa shape index (κ1) is 95.7. The van der Waals surface area contributed by atoms with Crippen LogP contribution in [0.2, 0.25) is 0 Å². The third-order valence-electron chi connectivity index (χ3n) is 19.4. The fourth-order valence-electron chi connectivity index (χ4n) is 13.0. The van der Waals surface area contributed by atoms with Crippen LogP contribution in [0.4, 0.5) is 5.69 Å². The monoisotopic (exact) mass is 1610 g/mol. The van der Waals surface area contributed by atoms with Crippen molar-refractivity contribution >= 4 is 134 Å². The topological polar surface area (TPSA) is 642 Å². The van der Waals surface area contributed by atoms with Gasteiger partial charge in [0.25, 0.3) is 0 Å². The number of aromatic amines is 1. The molecular weight excluding hydrogens is 1510 g/mol.